The number of nitrogens with one attached hydrogen (secondary N) is 1. The molecule has 0 bridgehead atoms. The molecule has 19 heavy (non-hydrogen) atoms. The van der Waals surface area contributed by atoms with Gasteiger partial charge in [-0.3, -0.25) is 0 Å². The highest BCUT2D eigenvalue weighted by atomic mass is 16.3. The second-order valence-electron chi connectivity index (χ2n) is 4.30. The van der Waals surface area contributed by atoms with Crippen molar-refractivity contribution in [2.45, 2.75) is 12.5 Å². The van der Waals surface area contributed by atoms with Crippen molar-refractivity contribution in [3.8, 4) is 11.5 Å². The summed E-state index contributed by atoms with van der Waals surface area (Å²) < 4.78 is 0. The van der Waals surface area contributed by atoms with Crippen molar-refractivity contribution in [3.63, 3.8) is 0 Å². The van der Waals surface area contributed by atoms with Gasteiger partial charge in [-0.15, -0.1) is 0 Å². The summed E-state index contributed by atoms with van der Waals surface area (Å²) in [5.41, 5.74) is 1.73. The highest BCUT2D eigenvalue weighted by molar-refractivity contribution is 5.65. The summed E-state index contributed by atoms with van der Waals surface area (Å²) in [6, 6.07) is 12.9. The molecule has 1 atom stereocenters. The van der Waals surface area contributed by atoms with Crippen LogP contribution in [0, 0.1) is 0 Å². The molecule has 0 aliphatic heterocycles. The number of hydrogen-bond acceptors (Lipinski definition) is 4. The fraction of sp³-hybridized carbons (Fsp3) is 0.133. The smallest absolute Gasteiger partial charge is 0.142 e. The van der Waals surface area contributed by atoms with Crippen LogP contribution >= 0.6 is 0 Å². The average molecular weight is 257 g/mol. The van der Waals surface area contributed by atoms with Gasteiger partial charge in [0.1, 0.15) is 17.8 Å². The van der Waals surface area contributed by atoms with E-state index in [1.54, 1.807) is 48.5 Å². The highest BCUT2D eigenvalue weighted by Gasteiger charge is 2.08. The van der Waals surface area contributed by atoms with Crippen LogP contribution in [0.2, 0.25) is 0 Å². The largest absolute Gasteiger partial charge is 0.508 e. The third-order valence-electron chi connectivity index (χ3n) is 2.78. The molecule has 0 aliphatic carbocycles. The minimum absolute atomic E-state index is 0.187. The number of rotatable bonds is 5. The summed E-state index contributed by atoms with van der Waals surface area (Å²) in [7, 11) is 0. The van der Waals surface area contributed by atoms with E-state index in [9.17, 15) is 15.0 Å². The number of benzene rings is 2. The van der Waals surface area contributed by atoms with Crippen LogP contribution in [0.1, 0.15) is 5.56 Å². The number of anilines is 1. The number of hydrogen-bond donors (Lipinski definition) is 3. The number of phenols is 2. The number of aromatic hydroxyl groups is 2. The third-order valence-corrected chi connectivity index (χ3v) is 2.78. The first kappa shape index (κ1) is 13.0. The van der Waals surface area contributed by atoms with Crippen LogP contribution in [0.25, 0.3) is 0 Å². The number of carbonyl (C=O) groups excluding carboxylic acids is 1. The number of phenolic OH excluding ortho intramolecular Hbond substituents is 2. The topological polar surface area (TPSA) is 69.6 Å². The standard InChI is InChI=1S/C15H15NO3/c17-10-13(9-11-1-5-14(18)6-2-11)16-12-3-7-15(19)8-4-12/h1-8,10,13,16,18-19H,9H2/t13-/m0/s1. The van der Waals surface area contributed by atoms with E-state index in [1.807, 2.05) is 0 Å². The summed E-state index contributed by atoms with van der Waals surface area (Å²) in [5, 5.41) is 21.5. The third kappa shape index (κ3) is 3.74. The van der Waals surface area contributed by atoms with Gasteiger partial charge in [-0.2, -0.15) is 0 Å². The second-order valence-corrected chi connectivity index (χ2v) is 4.30. The molecule has 2 rings (SSSR count). The number of aldehydes is 1. The van der Waals surface area contributed by atoms with E-state index in [1.165, 1.54) is 0 Å². The molecule has 0 aromatic heterocycles. The van der Waals surface area contributed by atoms with Crippen molar-refractivity contribution in [1.29, 1.82) is 0 Å². The van der Waals surface area contributed by atoms with Gasteiger partial charge >= 0.3 is 0 Å². The Hall–Kier alpha value is -2.49. The van der Waals surface area contributed by atoms with Crippen molar-refractivity contribution >= 4 is 12.0 Å². The van der Waals surface area contributed by atoms with Gasteiger partial charge in [0.25, 0.3) is 0 Å². The minimum atomic E-state index is -0.353. The van der Waals surface area contributed by atoms with E-state index >= 15 is 0 Å². The fourth-order valence-electron chi connectivity index (χ4n) is 1.79. The number of carbonyl (C=O) groups is 1. The lowest BCUT2D eigenvalue weighted by molar-refractivity contribution is -0.108. The zero-order valence-corrected chi connectivity index (χ0v) is 10.3. The molecule has 2 aromatic carbocycles. The van der Waals surface area contributed by atoms with E-state index in [-0.39, 0.29) is 17.5 Å². The SMILES string of the molecule is O=C[C@H](Cc1ccc(O)cc1)Nc1ccc(O)cc1. The molecule has 0 heterocycles. The molecule has 0 aliphatic rings. The normalized spacial score (nSPS) is 11.8. The van der Waals surface area contributed by atoms with Crippen molar-refractivity contribution < 1.29 is 15.0 Å². The lowest BCUT2D eigenvalue weighted by Crippen LogP contribution is -2.23. The van der Waals surface area contributed by atoms with Gasteiger partial charge in [0.2, 0.25) is 0 Å². The van der Waals surface area contributed by atoms with Crippen LogP contribution in [0.15, 0.2) is 48.5 Å². The predicted octanol–water partition coefficient (Wildman–Crippen LogP) is 2.32. The monoisotopic (exact) mass is 257 g/mol. The average Bonchev–Trinajstić information content (AvgIpc) is 2.43. The van der Waals surface area contributed by atoms with E-state index in [0.717, 1.165) is 17.5 Å². The van der Waals surface area contributed by atoms with Crippen LogP contribution < -0.4 is 5.32 Å². The maximum Gasteiger partial charge on any atom is 0.142 e. The highest BCUT2D eigenvalue weighted by Crippen LogP contribution is 2.16. The van der Waals surface area contributed by atoms with Crippen molar-refractivity contribution in [3.05, 3.63) is 54.1 Å². The van der Waals surface area contributed by atoms with E-state index in [2.05, 4.69) is 5.32 Å². The Morgan fingerprint density at radius 2 is 1.47 bits per heavy atom. The summed E-state index contributed by atoms with van der Waals surface area (Å²) in [6.07, 6.45) is 1.38. The quantitative estimate of drug-likeness (QED) is 0.568. The predicted molar refractivity (Wildman–Crippen MR) is 73.4 cm³/mol. The molecule has 0 saturated heterocycles. The molecule has 0 fully saturated rings. The summed E-state index contributed by atoms with van der Waals surface area (Å²) >= 11 is 0. The van der Waals surface area contributed by atoms with Gasteiger partial charge in [-0.05, 0) is 48.4 Å². The molecule has 2 aromatic rings. The minimum Gasteiger partial charge on any atom is -0.508 e. The summed E-state index contributed by atoms with van der Waals surface area (Å²) in [6.45, 7) is 0. The first-order valence-electron chi connectivity index (χ1n) is 5.96. The molecular weight excluding hydrogens is 242 g/mol. The van der Waals surface area contributed by atoms with Crippen LogP contribution in [0.4, 0.5) is 5.69 Å². The Morgan fingerprint density at radius 3 is 2.00 bits per heavy atom. The van der Waals surface area contributed by atoms with Gasteiger partial charge < -0.3 is 20.3 Å². The lowest BCUT2D eigenvalue weighted by atomic mass is 10.1. The Morgan fingerprint density at radius 1 is 0.947 bits per heavy atom. The van der Waals surface area contributed by atoms with E-state index in [0.29, 0.717) is 6.42 Å². The van der Waals surface area contributed by atoms with Crippen LogP contribution in [-0.4, -0.2) is 22.5 Å². The first-order chi connectivity index (χ1) is 9.17. The zero-order chi connectivity index (χ0) is 13.7. The maximum atomic E-state index is 11.1. The summed E-state index contributed by atoms with van der Waals surface area (Å²) in [4.78, 5) is 11.1. The summed E-state index contributed by atoms with van der Waals surface area (Å²) in [5.74, 6) is 0.393. The molecule has 4 nitrogen and oxygen atoms in total. The molecule has 98 valence electrons. The first-order valence-corrected chi connectivity index (χ1v) is 5.96. The van der Waals surface area contributed by atoms with Crippen molar-refractivity contribution in [1.82, 2.24) is 0 Å². The molecule has 3 N–H and O–H groups in total. The Balaban J connectivity index is 2.02. The van der Waals surface area contributed by atoms with Crippen LogP contribution in [0.3, 0.4) is 0 Å². The van der Waals surface area contributed by atoms with E-state index < -0.39 is 0 Å². The van der Waals surface area contributed by atoms with Gasteiger partial charge in [0.05, 0.1) is 6.04 Å². The van der Waals surface area contributed by atoms with Crippen LogP contribution in [0.5, 0.6) is 11.5 Å². The second kappa shape index (κ2) is 5.91. The lowest BCUT2D eigenvalue weighted by Gasteiger charge is -2.14. The van der Waals surface area contributed by atoms with Crippen molar-refractivity contribution in [2.75, 3.05) is 5.32 Å². The molecule has 4 heteroatoms. The molecule has 0 radical (unpaired) electrons. The van der Waals surface area contributed by atoms with Crippen LogP contribution in [-0.2, 0) is 11.2 Å². The fourth-order valence-corrected chi connectivity index (χ4v) is 1.79. The van der Waals surface area contributed by atoms with E-state index in [4.69, 9.17) is 0 Å². The molecule has 0 amide bonds. The molecule has 0 spiro atoms. The Bertz CT molecular complexity index is 487. The maximum absolute atomic E-state index is 11.1. The van der Waals surface area contributed by atoms with Gasteiger partial charge in [0, 0.05) is 5.69 Å². The molecule has 0 saturated carbocycles. The molecular formula is C15H15NO3. The van der Waals surface area contributed by atoms with Crippen molar-refractivity contribution in [2.24, 2.45) is 0 Å². The Kier molecular flexibility index (Phi) is 4.03. The molecule has 0 unspecified atom stereocenters. The zero-order valence-electron chi connectivity index (χ0n) is 10.3. The van der Waals surface area contributed by atoms with Gasteiger partial charge in [-0.1, -0.05) is 12.1 Å². The van der Waals surface area contributed by atoms with Gasteiger partial charge in [0.15, 0.2) is 0 Å². The van der Waals surface area contributed by atoms with Gasteiger partial charge in [-0.25, -0.2) is 0 Å². The Labute approximate surface area is 111 Å².